The van der Waals surface area contributed by atoms with Crippen molar-refractivity contribution < 1.29 is 4.74 Å². The summed E-state index contributed by atoms with van der Waals surface area (Å²) in [5.74, 6) is 1.85. The number of piperidine rings is 1. The molecular formula is C19H28N2O. The van der Waals surface area contributed by atoms with Crippen LogP contribution in [0.15, 0.2) is 24.3 Å². The third-order valence-electron chi connectivity index (χ3n) is 5.61. The van der Waals surface area contributed by atoms with Crippen LogP contribution in [0, 0.1) is 5.92 Å². The molecule has 2 unspecified atom stereocenters. The van der Waals surface area contributed by atoms with Crippen LogP contribution >= 0.6 is 0 Å². The van der Waals surface area contributed by atoms with E-state index in [1.807, 2.05) is 0 Å². The van der Waals surface area contributed by atoms with Gasteiger partial charge in [0.25, 0.3) is 0 Å². The molecule has 22 heavy (non-hydrogen) atoms. The Balaban J connectivity index is 1.30. The van der Waals surface area contributed by atoms with Crippen LogP contribution in [-0.4, -0.2) is 36.7 Å². The van der Waals surface area contributed by atoms with E-state index in [2.05, 4.69) is 41.5 Å². The van der Waals surface area contributed by atoms with E-state index in [0.29, 0.717) is 0 Å². The predicted molar refractivity (Wildman–Crippen MR) is 89.1 cm³/mol. The van der Waals surface area contributed by atoms with Gasteiger partial charge in [0.1, 0.15) is 5.75 Å². The number of rotatable bonds is 6. The first-order valence-electron chi connectivity index (χ1n) is 8.94. The molecule has 2 saturated heterocycles. The number of hydrogen-bond acceptors (Lipinski definition) is 3. The lowest BCUT2D eigenvalue weighted by atomic mass is 9.98. The fourth-order valence-electron chi connectivity index (χ4n) is 3.99. The van der Waals surface area contributed by atoms with Crippen molar-refractivity contribution in [1.82, 2.24) is 10.2 Å². The van der Waals surface area contributed by atoms with Gasteiger partial charge in [-0.15, -0.1) is 0 Å². The summed E-state index contributed by atoms with van der Waals surface area (Å²) in [7, 11) is 2.28. The summed E-state index contributed by atoms with van der Waals surface area (Å²) in [6.45, 7) is 1.95. The zero-order valence-corrected chi connectivity index (χ0v) is 13.6. The second-order valence-corrected chi connectivity index (χ2v) is 7.58. The average Bonchev–Trinajstić information content (AvgIpc) is 3.31. The van der Waals surface area contributed by atoms with E-state index in [9.17, 15) is 0 Å². The Bertz CT molecular complexity index is 485. The number of ether oxygens (including phenoxy) is 1. The molecule has 1 aliphatic carbocycles. The molecule has 0 aromatic heterocycles. The van der Waals surface area contributed by atoms with Crippen LogP contribution in [0.25, 0.3) is 0 Å². The van der Waals surface area contributed by atoms with Crippen molar-refractivity contribution in [2.75, 3.05) is 13.7 Å². The van der Waals surface area contributed by atoms with Crippen LogP contribution in [0.2, 0.25) is 0 Å². The van der Waals surface area contributed by atoms with E-state index >= 15 is 0 Å². The Morgan fingerprint density at radius 3 is 2.36 bits per heavy atom. The topological polar surface area (TPSA) is 24.5 Å². The fourth-order valence-corrected chi connectivity index (χ4v) is 3.99. The van der Waals surface area contributed by atoms with Crippen LogP contribution < -0.4 is 10.1 Å². The van der Waals surface area contributed by atoms with Crippen LogP contribution in [-0.2, 0) is 6.54 Å². The maximum Gasteiger partial charge on any atom is 0.119 e. The average molecular weight is 300 g/mol. The normalized spacial score (nSPS) is 30.7. The largest absolute Gasteiger partial charge is 0.493 e. The highest BCUT2D eigenvalue weighted by Crippen LogP contribution is 2.31. The number of fused-ring (bicyclic) bond motifs is 2. The quantitative estimate of drug-likeness (QED) is 0.873. The lowest BCUT2D eigenvalue weighted by Gasteiger charge is -2.35. The zero-order chi connectivity index (χ0) is 14.9. The summed E-state index contributed by atoms with van der Waals surface area (Å²) in [6.07, 6.45) is 8.08. The minimum absolute atomic E-state index is 0.740. The molecule has 120 valence electrons. The van der Waals surface area contributed by atoms with Gasteiger partial charge in [-0.3, -0.25) is 4.90 Å². The van der Waals surface area contributed by atoms with Gasteiger partial charge in [-0.25, -0.2) is 0 Å². The van der Waals surface area contributed by atoms with Crippen molar-refractivity contribution in [3.63, 3.8) is 0 Å². The van der Waals surface area contributed by atoms with Crippen molar-refractivity contribution >= 4 is 0 Å². The summed E-state index contributed by atoms with van der Waals surface area (Å²) in [5.41, 5.74) is 1.40. The summed E-state index contributed by atoms with van der Waals surface area (Å²) in [5, 5.41) is 3.73. The van der Waals surface area contributed by atoms with Gasteiger partial charge < -0.3 is 10.1 Å². The molecule has 2 bridgehead atoms. The van der Waals surface area contributed by atoms with Gasteiger partial charge in [0.2, 0.25) is 0 Å². The van der Waals surface area contributed by atoms with E-state index in [1.54, 1.807) is 0 Å². The molecule has 2 aliphatic heterocycles. The molecule has 3 heteroatoms. The lowest BCUT2D eigenvalue weighted by Crippen LogP contribution is -2.46. The smallest absolute Gasteiger partial charge is 0.119 e. The number of hydrogen-bond donors (Lipinski definition) is 1. The molecule has 0 radical (unpaired) electrons. The molecule has 2 atom stereocenters. The predicted octanol–water partition coefficient (Wildman–Crippen LogP) is 3.19. The van der Waals surface area contributed by atoms with Gasteiger partial charge in [-0.05, 0) is 69.2 Å². The Labute approximate surface area is 134 Å². The highest BCUT2D eigenvalue weighted by molar-refractivity contribution is 5.27. The van der Waals surface area contributed by atoms with Crippen LogP contribution in [0.1, 0.15) is 44.1 Å². The van der Waals surface area contributed by atoms with Crippen molar-refractivity contribution in [3.8, 4) is 5.75 Å². The highest BCUT2D eigenvalue weighted by Gasteiger charge is 2.34. The molecule has 1 saturated carbocycles. The van der Waals surface area contributed by atoms with E-state index in [1.165, 1.54) is 44.1 Å². The number of nitrogens with one attached hydrogen (secondary N) is 1. The van der Waals surface area contributed by atoms with E-state index in [4.69, 9.17) is 4.74 Å². The molecule has 1 aromatic rings. The molecule has 1 aromatic carbocycles. The molecule has 0 spiro atoms. The fraction of sp³-hybridized carbons (Fsp3) is 0.684. The summed E-state index contributed by atoms with van der Waals surface area (Å²) in [4.78, 5) is 2.55. The standard InChI is InChI=1S/C19H28N2O/c1-21(18-10-16-6-7-17(11-18)20-16)12-14-4-8-19(9-5-14)22-13-15-2-3-15/h4-5,8-9,15-18,20H,2-3,6-7,10-13H2,1H3. The highest BCUT2D eigenvalue weighted by atomic mass is 16.5. The third kappa shape index (κ3) is 3.47. The van der Waals surface area contributed by atoms with Gasteiger partial charge >= 0.3 is 0 Å². The van der Waals surface area contributed by atoms with Gasteiger partial charge in [0.15, 0.2) is 0 Å². The maximum atomic E-state index is 5.82. The van der Waals surface area contributed by atoms with Crippen LogP contribution in [0.5, 0.6) is 5.75 Å². The summed E-state index contributed by atoms with van der Waals surface area (Å²) in [6, 6.07) is 11.0. The van der Waals surface area contributed by atoms with Crippen molar-refractivity contribution in [3.05, 3.63) is 29.8 Å². The molecular weight excluding hydrogens is 272 g/mol. The Hall–Kier alpha value is -1.06. The minimum Gasteiger partial charge on any atom is -0.493 e. The first-order valence-corrected chi connectivity index (χ1v) is 8.94. The molecule has 4 rings (SSSR count). The first kappa shape index (κ1) is 14.5. The maximum absolute atomic E-state index is 5.82. The van der Waals surface area contributed by atoms with Crippen molar-refractivity contribution in [2.45, 2.75) is 63.2 Å². The second-order valence-electron chi connectivity index (χ2n) is 7.58. The Morgan fingerprint density at radius 2 is 1.73 bits per heavy atom. The third-order valence-corrected chi connectivity index (χ3v) is 5.61. The Morgan fingerprint density at radius 1 is 1.05 bits per heavy atom. The molecule has 3 aliphatic rings. The van der Waals surface area contributed by atoms with Crippen LogP contribution in [0.3, 0.4) is 0 Å². The molecule has 0 amide bonds. The van der Waals surface area contributed by atoms with Crippen LogP contribution in [0.4, 0.5) is 0 Å². The molecule has 1 N–H and O–H groups in total. The van der Waals surface area contributed by atoms with Gasteiger partial charge in [0.05, 0.1) is 6.61 Å². The molecule has 2 heterocycles. The SMILES string of the molecule is CN(Cc1ccc(OCC2CC2)cc1)C1CC2CCC(C1)N2. The van der Waals surface area contributed by atoms with Gasteiger partial charge in [0, 0.05) is 24.7 Å². The second kappa shape index (κ2) is 6.21. The van der Waals surface area contributed by atoms with E-state index < -0.39 is 0 Å². The minimum atomic E-state index is 0.740. The molecule has 3 fully saturated rings. The first-order chi connectivity index (χ1) is 10.8. The number of nitrogens with zero attached hydrogens (tertiary/aromatic N) is 1. The monoisotopic (exact) mass is 300 g/mol. The van der Waals surface area contributed by atoms with Gasteiger partial charge in [-0.2, -0.15) is 0 Å². The van der Waals surface area contributed by atoms with E-state index in [-0.39, 0.29) is 0 Å². The van der Waals surface area contributed by atoms with Gasteiger partial charge in [-0.1, -0.05) is 12.1 Å². The van der Waals surface area contributed by atoms with Crippen molar-refractivity contribution in [2.24, 2.45) is 5.92 Å². The molecule has 3 nitrogen and oxygen atoms in total. The number of benzene rings is 1. The Kier molecular flexibility index (Phi) is 4.10. The lowest BCUT2D eigenvalue weighted by molar-refractivity contribution is 0.166. The van der Waals surface area contributed by atoms with E-state index in [0.717, 1.165) is 42.9 Å². The summed E-state index contributed by atoms with van der Waals surface area (Å²) >= 11 is 0. The summed E-state index contributed by atoms with van der Waals surface area (Å²) < 4.78 is 5.82. The van der Waals surface area contributed by atoms with Crippen molar-refractivity contribution in [1.29, 1.82) is 0 Å². The zero-order valence-electron chi connectivity index (χ0n) is 13.6.